The first-order valence-corrected chi connectivity index (χ1v) is 5.23. The van der Waals surface area contributed by atoms with Crippen LogP contribution in [0.2, 0.25) is 0 Å². The van der Waals surface area contributed by atoms with Gasteiger partial charge in [-0.25, -0.2) is 0 Å². The predicted octanol–water partition coefficient (Wildman–Crippen LogP) is 2.56. The fourth-order valence-corrected chi connectivity index (χ4v) is 1.87. The van der Waals surface area contributed by atoms with Crippen LogP contribution in [-0.4, -0.2) is 4.57 Å². The van der Waals surface area contributed by atoms with Gasteiger partial charge in [-0.15, -0.1) is 0 Å². The molecule has 1 atom stereocenters. The molecule has 1 aromatic heterocycles. The van der Waals surface area contributed by atoms with Crippen molar-refractivity contribution >= 4 is 0 Å². The Morgan fingerprint density at radius 2 is 1.87 bits per heavy atom. The molecule has 15 heavy (non-hydrogen) atoms. The number of nitrogens with zero attached hydrogens (tertiary/aromatic N) is 1. The maximum Gasteiger partial charge on any atom is 0.0555 e. The average Bonchev–Trinajstić information content (AvgIpc) is 2.77. The van der Waals surface area contributed by atoms with Crippen LogP contribution in [0.1, 0.15) is 24.2 Å². The second-order valence-corrected chi connectivity index (χ2v) is 3.70. The highest BCUT2D eigenvalue weighted by atomic mass is 15.0. The van der Waals surface area contributed by atoms with E-state index in [1.807, 2.05) is 12.1 Å². The monoisotopic (exact) mass is 200 g/mol. The lowest BCUT2D eigenvalue weighted by Gasteiger charge is -2.17. The first-order valence-electron chi connectivity index (χ1n) is 5.23. The van der Waals surface area contributed by atoms with Gasteiger partial charge in [-0.3, -0.25) is 0 Å². The summed E-state index contributed by atoms with van der Waals surface area (Å²) in [7, 11) is 0. The molecule has 2 aromatic rings. The standard InChI is InChI=1S/C13H16N2/c1-11(12-6-3-2-4-7-12)15-9-5-8-13(15)10-14/h2-9,11H,10,14H2,1H3/t11-/m0/s1. The molecule has 0 aliphatic heterocycles. The minimum atomic E-state index is 0.347. The third-order valence-corrected chi connectivity index (χ3v) is 2.78. The lowest BCUT2D eigenvalue weighted by molar-refractivity contribution is 0.612. The van der Waals surface area contributed by atoms with Gasteiger partial charge in [-0.1, -0.05) is 30.3 Å². The van der Waals surface area contributed by atoms with Crippen molar-refractivity contribution in [3.05, 3.63) is 59.9 Å². The smallest absolute Gasteiger partial charge is 0.0555 e. The molecule has 0 fully saturated rings. The van der Waals surface area contributed by atoms with E-state index >= 15 is 0 Å². The van der Waals surface area contributed by atoms with Crippen LogP contribution in [0.5, 0.6) is 0 Å². The van der Waals surface area contributed by atoms with Gasteiger partial charge in [0.25, 0.3) is 0 Å². The Kier molecular flexibility index (Phi) is 2.88. The number of hydrogen-bond acceptors (Lipinski definition) is 1. The van der Waals surface area contributed by atoms with Crippen LogP contribution in [0.25, 0.3) is 0 Å². The van der Waals surface area contributed by atoms with Crippen molar-refractivity contribution in [2.24, 2.45) is 5.73 Å². The molecule has 78 valence electrons. The molecular weight excluding hydrogens is 184 g/mol. The molecule has 1 aromatic carbocycles. The number of nitrogens with two attached hydrogens (primary N) is 1. The molecule has 0 amide bonds. The molecule has 0 unspecified atom stereocenters. The van der Waals surface area contributed by atoms with Crippen molar-refractivity contribution < 1.29 is 0 Å². The molecule has 2 rings (SSSR count). The highest BCUT2D eigenvalue weighted by Gasteiger charge is 2.08. The zero-order valence-electron chi connectivity index (χ0n) is 8.93. The fourth-order valence-electron chi connectivity index (χ4n) is 1.87. The van der Waals surface area contributed by atoms with Gasteiger partial charge in [0.1, 0.15) is 0 Å². The number of hydrogen-bond donors (Lipinski definition) is 1. The third-order valence-electron chi connectivity index (χ3n) is 2.78. The van der Waals surface area contributed by atoms with Crippen molar-refractivity contribution in [3.63, 3.8) is 0 Å². The van der Waals surface area contributed by atoms with E-state index in [1.54, 1.807) is 0 Å². The Balaban J connectivity index is 2.32. The summed E-state index contributed by atoms with van der Waals surface area (Å²) < 4.78 is 2.22. The lowest BCUT2D eigenvalue weighted by atomic mass is 10.1. The van der Waals surface area contributed by atoms with Crippen LogP contribution >= 0.6 is 0 Å². The molecule has 2 nitrogen and oxygen atoms in total. The Labute approximate surface area is 90.3 Å². The SMILES string of the molecule is C[C@@H](c1ccccc1)n1cccc1CN. The van der Waals surface area contributed by atoms with Crippen LogP contribution in [0.15, 0.2) is 48.7 Å². The van der Waals surface area contributed by atoms with E-state index in [2.05, 4.69) is 48.0 Å². The highest BCUT2D eigenvalue weighted by molar-refractivity contribution is 5.21. The van der Waals surface area contributed by atoms with E-state index in [0.29, 0.717) is 12.6 Å². The van der Waals surface area contributed by atoms with Crippen LogP contribution in [0.4, 0.5) is 0 Å². The summed E-state index contributed by atoms with van der Waals surface area (Å²) in [6.07, 6.45) is 2.08. The largest absolute Gasteiger partial charge is 0.343 e. The first-order chi connectivity index (χ1) is 7.33. The first kappa shape index (κ1) is 9.99. The quantitative estimate of drug-likeness (QED) is 0.811. The zero-order valence-corrected chi connectivity index (χ0v) is 8.93. The van der Waals surface area contributed by atoms with E-state index in [-0.39, 0.29) is 0 Å². The van der Waals surface area contributed by atoms with Crippen molar-refractivity contribution in [3.8, 4) is 0 Å². The molecule has 0 saturated heterocycles. The second-order valence-electron chi connectivity index (χ2n) is 3.70. The minimum Gasteiger partial charge on any atom is -0.343 e. The van der Waals surface area contributed by atoms with Crippen LogP contribution < -0.4 is 5.73 Å². The summed E-state index contributed by atoms with van der Waals surface area (Å²) in [6, 6.07) is 14.9. The number of benzene rings is 1. The van der Waals surface area contributed by atoms with Crippen molar-refractivity contribution in [1.29, 1.82) is 0 Å². The van der Waals surface area contributed by atoms with Gasteiger partial charge in [-0.05, 0) is 24.6 Å². The van der Waals surface area contributed by atoms with E-state index in [9.17, 15) is 0 Å². The molecule has 2 N–H and O–H groups in total. The van der Waals surface area contributed by atoms with Crippen LogP contribution in [0, 0.1) is 0 Å². The van der Waals surface area contributed by atoms with Gasteiger partial charge in [0, 0.05) is 18.4 Å². The van der Waals surface area contributed by atoms with Gasteiger partial charge < -0.3 is 10.3 Å². The minimum absolute atomic E-state index is 0.347. The molecule has 0 radical (unpaired) electrons. The zero-order chi connectivity index (χ0) is 10.7. The molecule has 1 heterocycles. The van der Waals surface area contributed by atoms with Gasteiger partial charge in [0.15, 0.2) is 0 Å². The Bertz CT molecular complexity index is 417. The molecule has 0 aliphatic carbocycles. The summed E-state index contributed by atoms with van der Waals surface area (Å²) in [5, 5.41) is 0. The van der Waals surface area contributed by atoms with Gasteiger partial charge in [-0.2, -0.15) is 0 Å². The van der Waals surface area contributed by atoms with E-state index in [4.69, 9.17) is 5.73 Å². The van der Waals surface area contributed by atoms with Gasteiger partial charge in [0.2, 0.25) is 0 Å². The Hall–Kier alpha value is -1.54. The number of aromatic nitrogens is 1. The molecule has 0 saturated carbocycles. The second kappa shape index (κ2) is 4.32. The summed E-state index contributed by atoms with van der Waals surface area (Å²) >= 11 is 0. The van der Waals surface area contributed by atoms with Crippen molar-refractivity contribution in [2.45, 2.75) is 19.5 Å². The summed E-state index contributed by atoms with van der Waals surface area (Å²) in [6.45, 7) is 2.78. The molecule has 0 spiro atoms. The molecule has 0 aliphatic rings. The normalized spacial score (nSPS) is 12.7. The van der Waals surface area contributed by atoms with Crippen molar-refractivity contribution in [2.75, 3.05) is 0 Å². The van der Waals surface area contributed by atoms with Crippen molar-refractivity contribution in [1.82, 2.24) is 4.57 Å². The molecule has 0 bridgehead atoms. The molecular formula is C13H16N2. The summed E-state index contributed by atoms with van der Waals surface area (Å²) in [5.74, 6) is 0. The number of rotatable bonds is 3. The van der Waals surface area contributed by atoms with Gasteiger partial charge in [0.05, 0.1) is 6.04 Å². The summed E-state index contributed by atoms with van der Waals surface area (Å²) in [4.78, 5) is 0. The summed E-state index contributed by atoms with van der Waals surface area (Å²) in [5.41, 5.74) is 8.17. The fraction of sp³-hybridized carbons (Fsp3) is 0.231. The average molecular weight is 200 g/mol. The van der Waals surface area contributed by atoms with E-state index in [0.717, 1.165) is 0 Å². The van der Waals surface area contributed by atoms with Gasteiger partial charge >= 0.3 is 0 Å². The van der Waals surface area contributed by atoms with Crippen LogP contribution in [0.3, 0.4) is 0 Å². The maximum atomic E-state index is 5.69. The lowest BCUT2D eigenvalue weighted by Crippen LogP contribution is -2.11. The Morgan fingerprint density at radius 1 is 1.13 bits per heavy atom. The van der Waals surface area contributed by atoms with E-state index in [1.165, 1.54) is 11.3 Å². The van der Waals surface area contributed by atoms with Crippen LogP contribution in [-0.2, 0) is 6.54 Å². The molecule has 2 heteroatoms. The highest BCUT2D eigenvalue weighted by Crippen LogP contribution is 2.19. The van der Waals surface area contributed by atoms with E-state index < -0.39 is 0 Å². The third kappa shape index (κ3) is 1.95. The topological polar surface area (TPSA) is 30.9 Å². The maximum absolute atomic E-state index is 5.69. The Morgan fingerprint density at radius 3 is 2.53 bits per heavy atom. The predicted molar refractivity (Wildman–Crippen MR) is 62.6 cm³/mol.